The van der Waals surface area contributed by atoms with Crippen LogP contribution in [0.25, 0.3) is 11.5 Å². The van der Waals surface area contributed by atoms with Crippen molar-refractivity contribution in [3.05, 3.63) is 53.9 Å². The summed E-state index contributed by atoms with van der Waals surface area (Å²) in [5.74, 6) is 2.16. The van der Waals surface area contributed by atoms with Crippen molar-refractivity contribution in [3.8, 4) is 23.0 Å². The Kier molecular flexibility index (Phi) is 4.52. The Morgan fingerprint density at radius 1 is 0.967 bits per heavy atom. The second-order valence-corrected chi connectivity index (χ2v) is 9.49. The number of benzene rings is 2. The molecule has 0 radical (unpaired) electrons. The van der Waals surface area contributed by atoms with E-state index in [1.54, 1.807) is 24.3 Å². The fourth-order valence-electron chi connectivity index (χ4n) is 3.93. The minimum Gasteiger partial charge on any atom is -0.454 e. The zero-order chi connectivity index (χ0) is 20.8. The summed E-state index contributed by atoms with van der Waals surface area (Å²) in [4.78, 5) is 0.205. The molecule has 1 saturated heterocycles. The first-order valence-electron chi connectivity index (χ1n) is 9.58. The highest BCUT2D eigenvalue weighted by molar-refractivity contribution is 7.90. The first kappa shape index (κ1) is 19.1. The van der Waals surface area contributed by atoms with Gasteiger partial charge in [0.25, 0.3) is 0 Å². The Morgan fingerprint density at radius 2 is 1.77 bits per heavy atom. The summed E-state index contributed by atoms with van der Waals surface area (Å²) < 4.78 is 46.5. The van der Waals surface area contributed by atoms with Crippen LogP contribution in [-0.2, 0) is 20.0 Å². The number of aromatic nitrogens is 2. The van der Waals surface area contributed by atoms with Gasteiger partial charge in [0.1, 0.15) is 0 Å². The van der Waals surface area contributed by atoms with Gasteiger partial charge in [0.15, 0.2) is 21.3 Å². The third-order valence-corrected chi connectivity index (χ3v) is 6.73. The van der Waals surface area contributed by atoms with E-state index in [4.69, 9.17) is 18.6 Å². The van der Waals surface area contributed by atoms with Crippen LogP contribution in [0.1, 0.15) is 24.3 Å². The number of rotatable bonds is 4. The van der Waals surface area contributed by atoms with Gasteiger partial charge in [-0.05, 0) is 48.7 Å². The molecule has 0 amide bonds. The highest BCUT2D eigenvalue weighted by atomic mass is 32.2. The van der Waals surface area contributed by atoms with E-state index in [0.29, 0.717) is 49.0 Å². The lowest BCUT2D eigenvalue weighted by molar-refractivity contribution is 0.0545. The molecule has 3 heterocycles. The molecule has 9 heteroatoms. The van der Waals surface area contributed by atoms with Crippen LogP contribution >= 0.6 is 0 Å². The van der Waals surface area contributed by atoms with Gasteiger partial charge < -0.3 is 18.6 Å². The molecule has 0 aliphatic carbocycles. The number of ether oxygens (including phenoxy) is 3. The number of nitrogens with zero attached hydrogens (tertiary/aromatic N) is 2. The van der Waals surface area contributed by atoms with E-state index in [2.05, 4.69) is 10.2 Å². The monoisotopic (exact) mass is 428 g/mol. The summed E-state index contributed by atoms with van der Waals surface area (Å²) in [6.07, 6.45) is 2.53. The van der Waals surface area contributed by atoms with Crippen molar-refractivity contribution in [2.45, 2.75) is 23.2 Å². The van der Waals surface area contributed by atoms with Crippen molar-refractivity contribution in [1.82, 2.24) is 10.2 Å². The molecular weight excluding hydrogens is 408 g/mol. The number of sulfone groups is 1. The van der Waals surface area contributed by atoms with Crippen LogP contribution in [0.2, 0.25) is 0 Å². The Hall–Kier alpha value is -2.91. The number of fused-ring (bicyclic) bond motifs is 1. The average Bonchev–Trinajstić information content (AvgIpc) is 3.43. The Labute approximate surface area is 173 Å². The zero-order valence-electron chi connectivity index (χ0n) is 16.3. The molecule has 0 N–H and O–H groups in total. The highest BCUT2D eigenvalue weighted by Gasteiger charge is 2.42. The molecule has 5 rings (SSSR count). The summed E-state index contributed by atoms with van der Waals surface area (Å²) in [5.41, 5.74) is 1.04. The van der Waals surface area contributed by atoms with Crippen molar-refractivity contribution < 1.29 is 27.0 Å². The maximum Gasteiger partial charge on any atom is 0.247 e. The molecule has 1 aromatic heterocycles. The van der Waals surface area contributed by atoms with Gasteiger partial charge in [-0.2, -0.15) is 0 Å². The van der Waals surface area contributed by atoms with Gasteiger partial charge in [0.05, 0.1) is 10.3 Å². The zero-order valence-corrected chi connectivity index (χ0v) is 17.1. The third kappa shape index (κ3) is 3.23. The Morgan fingerprint density at radius 3 is 2.57 bits per heavy atom. The van der Waals surface area contributed by atoms with Crippen LogP contribution in [0.5, 0.6) is 11.5 Å². The summed E-state index contributed by atoms with van der Waals surface area (Å²) in [6.45, 7) is 1.34. The third-order valence-electron chi connectivity index (χ3n) is 5.62. The maximum absolute atomic E-state index is 11.9. The topological polar surface area (TPSA) is 101 Å². The molecule has 0 bridgehead atoms. The molecule has 3 aromatic rings. The lowest BCUT2D eigenvalue weighted by Crippen LogP contribution is -2.35. The summed E-state index contributed by atoms with van der Waals surface area (Å²) in [7, 11) is -3.34. The Balaban J connectivity index is 1.57. The van der Waals surface area contributed by atoms with Crippen LogP contribution in [0.4, 0.5) is 0 Å². The second kappa shape index (κ2) is 7.10. The molecule has 156 valence electrons. The molecule has 0 unspecified atom stereocenters. The molecule has 30 heavy (non-hydrogen) atoms. The number of hydrogen-bond donors (Lipinski definition) is 0. The molecule has 2 aromatic carbocycles. The van der Waals surface area contributed by atoms with E-state index in [0.717, 1.165) is 5.56 Å². The van der Waals surface area contributed by atoms with Crippen LogP contribution in [-0.4, -0.2) is 44.9 Å². The highest BCUT2D eigenvalue weighted by Crippen LogP contribution is 2.44. The molecule has 0 spiro atoms. The lowest BCUT2D eigenvalue weighted by Gasteiger charge is -2.34. The lowest BCUT2D eigenvalue weighted by atomic mass is 9.74. The van der Waals surface area contributed by atoms with Gasteiger partial charge in [0.2, 0.25) is 18.6 Å². The van der Waals surface area contributed by atoms with Crippen LogP contribution in [0.3, 0.4) is 0 Å². The van der Waals surface area contributed by atoms with Crippen molar-refractivity contribution in [3.63, 3.8) is 0 Å². The smallest absolute Gasteiger partial charge is 0.247 e. The first-order valence-corrected chi connectivity index (χ1v) is 11.5. The van der Waals surface area contributed by atoms with Crippen LogP contribution in [0.15, 0.2) is 51.8 Å². The van der Waals surface area contributed by atoms with Crippen LogP contribution in [0, 0.1) is 0 Å². The number of hydrogen-bond acceptors (Lipinski definition) is 8. The standard InChI is InChI=1S/C21H20N2O6S/c1-30(24,25)16-4-2-3-14(11-16)19-22-23-20(29-19)21(7-9-26-10-8-21)15-5-6-17-18(12-15)28-13-27-17/h2-6,11-12H,7-10,13H2,1H3. The fraction of sp³-hybridized carbons (Fsp3) is 0.333. The van der Waals surface area contributed by atoms with Crippen molar-refractivity contribution in [2.24, 2.45) is 0 Å². The largest absolute Gasteiger partial charge is 0.454 e. The van der Waals surface area contributed by atoms with Crippen molar-refractivity contribution in [2.75, 3.05) is 26.3 Å². The average molecular weight is 428 g/mol. The van der Waals surface area contributed by atoms with Crippen LogP contribution < -0.4 is 9.47 Å². The molecular formula is C21H20N2O6S. The van der Waals surface area contributed by atoms with E-state index in [-0.39, 0.29) is 17.6 Å². The van der Waals surface area contributed by atoms with Crippen molar-refractivity contribution >= 4 is 9.84 Å². The van der Waals surface area contributed by atoms with Gasteiger partial charge in [0, 0.05) is 25.0 Å². The predicted molar refractivity (Wildman–Crippen MR) is 106 cm³/mol. The molecule has 2 aliphatic rings. The maximum atomic E-state index is 11.9. The minimum atomic E-state index is -3.34. The minimum absolute atomic E-state index is 0.205. The molecule has 0 atom stereocenters. The normalized spacial score (nSPS) is 17.8. The van der Waals surface area contributed by atoms with E-state index < -0.39 is 15.3 Å². The first-order chi connectivity index (χ1) is 14.5. The van der Waals surface area contributed by atoms with E-state index in [1.807, 2.05) is 18.2 Å². The quantitative estimate of drug-likeness (QED) is 0.625. The van der Waals surface area contributed by atoms with Crippen molar-refractivity contribution in [1.29, 1.82) is 0 Å². The molecule has 0 saturated carbocycles. The molecule has 8 nitrogen and oxygen atoms in total. The fourth-order valence-corrected chi connectivity index (χ4v) is 4.60. The molecule has 1 fully saturated rings. The summed E-state index contributed by atoms with van der Waals surface area (Å²) in [5, 5.41) is 8.58. The van der Waals surface area contributed by atoms with Gasteiger partial charge in [-0.25, -0.2) is 8.42 Å². The second-order valence-electron chi connectivity index (χ2n) is 7.47. The van der Waals surface area contributed by atoms with E-state index >= 15 is 0 Å². The van der Waals surface area contributed by atoms with Gasteiger partial charge in [-0.15, -0.1) is 10.2 Å². The predicted octanol–water partition coefficient (Wildman–Crippen LogP) is 2.97. The van der Waals surface area contributed by atoms with E-state index in [9.17, 15) is 8.42 Å². The van der Waals surface area contributed by atoms with E-state index in [1.165, 1.54) is 6.26 Å². The molecule has 2 aliphatic heterocycles. The summed E-state index contributed by atoms with van der Waals surface area (Å²) >= 11 is 0. The van der Waals surface area contributed by atoms with Gasteiger partial charge >= 0.3 is 0 Å². The SMILES string of the molecule is CS(=O)(=O)c1cccc(-c2nnc(C3(c4ccc5c(c4)OCO5)CCOCC3)o2)c1. The Bertz CT molecular complexity index is 1200. The van der Waals surface area contributed by atoms with Gasteiger partial charge in [-0.1, -0.05) is 12.1 Å². The van der Waals surface area contributed by atoms with Gasteiger partial charge in [-0.3, -0.25) is 0 Å². The summed E-state index contributed by atoms with van der Waals surface area (Å²) in [6, 6.07) is 12.4.